The highest BCUT2D eigenvalue weighted by molar-refractivity contribution is 5.78. The minimum atomic E-state index is -0.981. The predicted molar refractivity (Wildman–Crippen MR) is 65.0 cm³/mol. The maximum atomic E-state index is 9.25. The zero-order valence-corrected chi connectivity index (χ0v) is 10.6. The first-order chi connectivity index (χ1) is 8.45. The molecule has 0 amide bonds. The van der Waals surface area contributed by atoms with Gasteiger partial charge in [0.1, 0.15) is 0 Å². The van der Waals surface area contributed by atoms with E-state index in [0.29, 0.717) is 13.0 Å². The zero-order chi connectivity index (χ0) is 14.2. The van der Waals surface area contributed by atoms with Gasteiger partial charge in [0.25, 0.3) is 0 Å². The first kappa shape index (κ1) is 17.1. The largest absolute Gasteiger partial charge is 0.478 e. The van der Waals surface area contributed by atoms with Crippen molar-refractivity contribution in [3.8, 4) is 0 Å². The van der Waals surface area contributed by atoms with Crippen molar-refractivity contribution in [3.63, 3.8) is 0 Å². The van der Waals surface area contributed by atoms with Gasteiger partial charge in [-0.2, -0.15) is 0 Å². The van der Waals surface area contributed by atoms with Crippen molar-refractivity contribution >= 4 is 5.97 Å². The summed E-state index contributed by atoms with van der Waals surface area (Å²) in [6, 6.07) is 0. The van der Waals surface area contributed by atoms with Crippen LogP contribution in [0.1, 0.15) is 13.3 Å². The molecule has 18 heavy (non-hydrogen) atoms. The normalized spacial score (nSPS) is 19.4. The van der Waals surface area contributed by atoms with Crippen LogP contribution in [0.2, 0.25) is 0 Å². The summed E-state index contributed by atoms with van der Waals surface area (Å²) in [5.41, 5.74) is -0.587. The fraction of sp³-hybridized carbons (Fsp3) is 0.750. The average Bonchev–Trinajstić information content (AvgIpc) is 3.19. The van der Waals surface area contributed by atoms with E-state index in [1.807, 2.05) is 6.92 Å². The Bertz CT molecular complexity index is 257. The molecular weight excluding hydrogens is 240 g/mol. The summed E-state index contributed by atoms with van der Waals surface area (Å²) in [4.78, 5) is 9.25. The molecule has 6 heteroatoms. The van der Waals surface area contributed by atoms with E-state index in [1.54, 1.807) is 0 Å². The number of aliphatic hydroxyl groups is 3. The number of epoxide rings is 1. The molecular formula is C12H22O6. The van der Waals surface area contributed by atoms with Crippen molar-refractivity contribution in [2.75, 3.05) is 26.4 Å². The van der Waals surface area contributed by atoms with Crippen LogP contribution in [-0.4, -0.2) is 58.9 Å². The van der Waals surface area contributed by atoms with Crippen LogP contribution in [0.5, 0.6) is 0 Å². The topological polar surface area (TPSA) is 111 Å². The SMILES string of the molecule is C=CC(=O)O.CC(CO)C(CO)(CO)CC1CO1. The molecule has 2 unspecified atom stereocenters. The number of hydrogen-bond donors (Lipinski definition) is 4. The number of aliphatic carboxylic acids is 1. The summed E-state index contributed by atoms with van der Waals surface area (Å²) in [5, 5.41) is 35.1. The Hall–Kier alpha value is -0.950. The molecule has 6 nitrogen and oxygen atoms in total. The third-order valence-electron chi connectivity index (χ3n) is 3.16. The van der Waals surface area contributed by atoms with Gasteiger partial charge in [-0.25, -0.2) is 4.79 Å². The molecule has 106 valence electrons. The molecule has 0 saturated carbocycles. The number of rotatable bonds is 7. The van der Waals surface area contributed by atoms with Crippen molar-refractivity contribution in [3.05, 3.63) is 12.7 Å². The second-order valence-electron chi connectivity index (χ2n) is 4.46. The van der Waals surface area contributed by atoms with E-state index in [9.17, 15) is 15.0 Å². The Labute approximate surface area is 107 Å². The van der Waals surface area contributed by atoms with Crippen molar-refractivity contribution in [2.45, 2.75) is 19.4 Å². The molecule has 0 spiro atoms. The Morgan fingerprint density at radius 3 is 2.17 bits per heavy atom. The molecule has 4 N–H and O–H groups in total. The lowest BCUT2D eigenvalue weighted by Crippen LogP contribution is -2.39. The van der Waals surface area contributed by atoms with Gasteiger partial charge in [-0.15, -0.1) is 0 Å². The predicted octanol–water partition coefficient (Wildman–Crippen LogP) is -0.368. The van der Waals surface area contributed by atoms with Gasteiger partial charge in [-0.05, 0) is 12.3 Å². The number of hydrogen-bond acceptors (Lipinski definition) is 5. The van der Waals surface area contributed by atoms with Crippen LogP contribution >= 0.6 is 0 Å². The van der Waals surface area contributed by atoms with Gasteiger partial charge < -0.3 is 25.2 Å². The van der Waals surface area contributed by atoms with Gasteiger partial charge in [-0.1, -0.05) is 13.5 Å². The van der Waals surface area contributed by atoms with Gasteiger partial charge in [0, 0.05) is 18.1 Å². The van der Waals surface area contributed by atoms with E-state index in [2.05, 4.69) is 6.58 Å². The van der Waals surface area contributed by atoms with Crippen LogP contribution in [0.15, 0.2) is 12.7 Å². The minimum Gasteiger partial charge on any atom is -0.478 e. The highest BCUT2D eigenvalue weighted by Gasteiger charge is 2.40. The molecule has 1 aliphatic rings. The van der Waals surface area contributed by atoms with Gasteiger partial charge in [0.15, 0.2) is 0 Å². The third kappa shape index (κ3) is 5.59. The molecule has 1 heterocycles. The summed E-state index contributed by atoms with van der Waals surface area (Å²) in [7, 11) is 0. The van der Waals surface area contributed by atoms with Crippen LogP contribution in [0.3, 0.4) is 0 Å². The molecule has 0 radical (unpaired) electrons. The number of ether oxygens (including phenoxy) is 1. The molecule has 1 rings (SSSR count). The van der Waals surface area contributed by atoms with Crippen molar-refractivity contribution in [1.82, 2.24) is 0 Å². The van der Waals surface area contributed by atoms with Crippen LogP contribution in [0.25, 0.3) is 0 Å². The first-order valence-corrected chi connectivity index (χ1v) is 5.75. The van der Waals surface area contributed by atoms with Crippen LogP contribution < -0.4 is 0 Å². The Morgan fingerprint density at radius 1 is 1.50 bits per heavy atom. The zero-order valence-electron chi connectivity index (χ0n) is 10.6. The van der Waals surface area contributed by atoms with E-state index < -0.39 is 11.4 Å². The summed E-state index contributed by atoms with van der Waals surface area (Å²) in [6.45, 7) is 5.26. The second-order valence-corrected chi connectivity index (χ2v) is 4.46. The highest BCUT2D eigenvalue weighted by atomic mass is 16.6. The van der Waals surface area contributed by atoms with E-state index in [-0.39, 0.29) is 31.8 Å². The number of carbonyl (C=O) groups is 1. The lowest BCUT2D eigenvalue weighted by atomic mass is 9.74. The standard InChI is InChI=1S/C9H18O4.C3H4O2/c1-7(3-10)9(5-11,6-12)2-8-4-13-8;1-2-3(4)5/h7-8,10-12H,2-6H2,1H3;2H,1H2,(H,4,5). The molecule has 2 atom stereocenters. The summed E-state index contributed by atoms with van der Waals surface area (Å²) < 4.78 is 5.06. The van der Waals surface area contributed by atoms with E-state index in [4.69, 9.17) is 14.9 Å². The van der Waals surface area contributed by atoms with Gasteiger partial charge in [0.05, 0.1) is 25.9 Å². The second kappa shape index (κ2) is 8.20. The van der Waals surface area contributed by atoms with Crippen LogP contribution in [0.4, 0.5) is 0 Å². The quantitative estimate of drug-likeness (QED) is 0.368. The monoisotopic (exact) mass is 262 g/mol. The van der Waals surface area contributed by atoms with E-state index >= 15 is 0 Å². The molecule has 1 saturated heterocycles. The number of carboxylic acids is 1. The molecule has 0 aromatic heterocycles. The lowest BCUT2D eigenvalue weighted by molar-refractivity contribution is -0.131. The van der Waals surface area contributed by atoms with Crippen LogP contribution in [-0.2, 0) is 9.53 Å². The van der Waals surface area contributed by atoms with Gasteiger partial charge in [0.2, 0.25) is 0 Å². The Kier molecular flexibility index (Phi) is 7.77. The smallest absolute Gasteiger partial charge is 0.327 e. The molecule has 0 aliphatic carbocycles. The summed E-state index contributed by atoms with van der Waals surface area (Å²) in [6.07, 6.45) is 1.62. The molecule has 1 fully saturated rings. The highest BCUT2D eigenvalue weighted by Crippen LogP contribution is 2.35. The van der Waals surface area contributed by atoms with Crippen molar-refractivity contribution in [1.29, 1.82) is 0 Å². The first-order valence-electron chi connectivity index (χ1n) is 5.75. The maximum absolute atomic E-state index is 9.25. The molecule has 1 aliphatic heterocycles. The fourth-order valence-corrected chi connectivity index (χ4v) is 1.52. The summed E-state index contributed by atoms with van der Waals surface area (Å²) in [5.74, 6) is -1.09. The average molecular weight is 262 g/mol. The number of carboxylic acid groups (broad SMARTS) is 1. The van der Waals surface area contributed by atoms with E-state index in [0.717, 1.165) is 6.08 Å². The third-order valence-corrected chi connectivity index (χ3v) is 3.16. The van der Waals surface area contributed by atoms with Crippen molar-refractivity contribution < 1.29 is 30.0 Å². The maximum Gasteiger partial charge on any atom is 0.327 e. The van der Waals surface area contributed by atoms with Crippen LogP contribution in [0, 0.1) is 11.3 Å². The van der Waals surface area contributed by atoms with Gasteiger partial charge >= 0.3 is 5.97 Å². The minimum absolute atomic E-state index is 0.0200. The lowest BCUT2D eigenvalue weighted by Gasteiger charge is -2.34. The molecule has 0 aromatic carbocycles. The van der Waals surface area contributed by atoms with Crippen molar-refractivity contribution in [2.24, 2.45) is 11.3 Å². The molecule has 0 bridgehead atoms. The van der Waals surface area contributed by atoms with E-state index in [1.165, 1.54) is 0 Å². The fourth-order valence-electron chi connectivity index (χ4n) is 1.52. The molecule has 0 aromatic rings. The number of aliphatic hydroxyl groups excluding tert-OH is 3. The summed E-state index contributed by atoms with van der Waals surface area (Å²) >= 11 is 0. The van der Waals surface area contributed by atoms with Gasteiger partial charge in [-0.3, -0.25) is 0 Å². The Morgan fingerprint density at radius 2 is 1.94 bits per heavy atom. The Balaban J connectivity index is 0.000000494.